The zero-order chi connectivity index (χ0) is 28.5. The fourth-order valence-electron chi connectivity index (χ4n) is 3.89. The lowest BCUT2D eigenvalue weighted by Crippen LogP contribution is -2.40. The van der Waals surface area contributed by atoms with Crippen molar-refractivity contribution < 1.29 is 34.0 Å². The first-order chi connectivity index (χ1) is 18.6. The molecule has 4 rings (SSSR count). The molecule has 208 valence electrons. The van der Waals surface area contributed by atoms with Gasteiger partial charge in [-0.1, -0.05) is 6.07 Å². The summed E-state index contributed by atoms with van der Waals surface area (Å²) in [5.41, 5.74) is -1.50. The first-order valence-electron chi connectivity index (χ1n) is 11.6. The molecule has 2 aromatic rings. The number of rotatable bonds is 7. The van der Waals surface area contributed by atoms with Gasteiger partial charge in [0.1, 0.15) is 0 Å². The van der Waals surface area contributed by atoms with E-state index in [0.29, 0.717) is 51.6 Å². The molecule has 2 aromatic carbocycles. The normalized spacial score (nSPS) is 15.5. The van der Waals surface area contributed by atoms with Crippen molar-refractivity contribution >= 4 is 28.7 Å². The van der Waals surface area contributed by atoms with Crippen molar-refractivity contribution in [2.75, 3.05) is 52.6 Å². The van der Waals surface area contributed by atoms with Crippen molar-refractivity contribution in [3.8, 4) is 0 Å². The van der Waals surface area contributed by atoms with Gasteiger partial charge in [0.05, 0.1) is 46.1 Å². The molecular weight excluding hydrogens is 524 g/mol. The van der Waals surface area contributed by atoms with Crippen LogP contribution in [0, 0.1) is 40.5 Å². The van der Waals surface area contributed by atoms with E-state index in [-0.39, 0.29) is 5.56 Å². The smallest absolute Gasteiger partial charge is 0.346 e. The van der Waals surface area contributed by atoms with Gasteiger partial charge in [0.2, 0.25) is 0 Å². The molecule has 0 radical (unpaired) electrons. The number of carbonyl (C=O) groups is 1. The highest BCUT2D eigenvalue weighted by molar-refractivity contribution is 5.95. The van der Waals surface area contributed by atoms with E-state index in [4.69, 9.17) is 9.47 Å². The molecule has 17 heteroatoms. The Morgan fingerprint density at radius 2 is 1.13 bits per heavy atom. The topological polar surface area (TPSA) is 215 Å². The summed E-state index contributed by atoms with van der Waals surface area (Å²) >= 11 is 0. The Morgan fingerprint density at radius 1 is 0.667 bits per heavy atom. The standard InChI is InChI=1S/C11H11N3O6.C11H13N3O5/c15-11(12-3-5-20-6-4-12)8-1-2-9(13(16)17)10(7-8)14(18)19;15-13(16)10-2-1-9(7-11(10)14(17)18)8-12-3-5-19-6-4-12/h1-2,7H,3-6H2;1-2,7H,3-6,8H2. The number of nitrogens with zero attached hydrogens (tertiary/aromatic N) is 6. The van der Waals surface area contributed by atoms with Crippen LogP contribution in [0.25, 0.3) is 0 Å². The number of nitro benzene ring substituents is 4. The zero-order valence-electron chi connectivity index (χ0n) is 20.5. The van der Waals surface area contributed by atoms with E-state index >= 15 is 0 Å². The van der Waals surface area contributed by atoms with E-state index in [2.05, 4.69) is 4.90 Å². The molecular formula is C22H24N6O11. The van der Waals surface area contributed by atoms with Crippen LogP contribution in [0.1, 0.15) is 15.9 Å². The number of ether oxygens (including phenoxy) is 2. The first-order valence-corrected chi connectivity index (χ1v) is 11.6. The third-order valence-corrected chi connectivity index (χ3v) is 5.86. The van der Waals surface area contributed by atoms with Crippen LogP contribution in [0.15, 0.2) is 36.4 Å². The number of benzene rings is 2. The summed E-state index contributed by atoms with van der Waals surface area (Å²) in [5.74, 6) is -0.397. The molecule has 0 atom stereocenters. The molecule has 39 heavy (non-hydrogen) atoms. The number of amides is 1. The van der Waals surface area contributed by atoms with E-state index in [9.17, 15) is 45.3 Å². The minimum atomic E-state index is -0.867. The van der Waals surface area contributed by atoms with Gasteiger partial charge in [-0.15, -0.1) is 0 Å². The van der Waals surface area contributed by atoms with Gasteiger partial charge in [-0.3, -0.25) is 50.2 Å². The van der Waals surface area contributed by atoms with Gasteiger partial charge in [-0.2, -0.15) is 0 Å². The van der Waals surface area contributed by atoms with Crippen molar-refractivity contribution in [2.24, 2.45) is 0 Å². The fraction of sp³-hybridized carbons (Fsp3) is 0.409. The highest BCUT2D eigenvalue weighted by Gasteiger charge is 2.28. The lowest BCUT2D eigenvalue weighted by atomic mass is 10.1. The zero-order valence-corrected chi connectivity index (χ0v) is 20.5. The van der Waals surface area contributed by atoms with Crippen molar-refractivity contribution in [1.82, 2.24) is 9.80 Å². The molecule has 2 heterocycles. The lowest BCUT2D eigenvalue weighted by Gasteiger charge is -2.26. The molecule has 0 bridgehead atoms. The van der Waals surface area contributed by atoms with Crippen LogP contribution >= 0.6 is 0 Å². The average molecular weight is 548 g/mol. The second-order valence-electron chi connectivity index (χ2n) is 8.35. The molecule has 1 amide bonds. The minimum absolute atomic E-state index is 0.0594. The molecule has 2 aliphatic rings. The number of carbonyl (C=O) groups excluding carboxylic acids is 1. The highest BCUT2D eigenvalue weighted by atomic mass is 16.6. The van der Waals surface area contributed by atoms with Crippen LogP contribution in [-0.2, 0) is 16.0 Å². The summed E-state index contributed by atoms with van der Waals surface area (Å²) in [7, 11) is 0. The SMILES string of the molecule is O=C(c1ccc([N+](=O)[O-])c([N+](=O)[O-])c1)N1CCOCC1.O=[N+]([O-])c1ccc(CN2CCOCC2)cc1[N+](=O)[O-]. The largest absolute Gasteiger partial charge is 0.379 e. The third-order valence-electron chi connectivity index (χ3n) is 5.86. The lowest BCUT2D eigenvalue weighted by molar-refractivity contribution is -0.422. The Bertz CT molecular complexity index is 1260. The van der Waals surface area contributed by atoms with Gasteiger partial charge in [0, 0.05) is 62.6 Å². The Labute approximate surface area is 220 Å². The van der Waals surface area contributed by atoms with E-state index in [1.54, 1.807) is 6.07 Å². The summed E-state index contributed by atoms with van der Waals surface area (Å²) in [6, 6.07) is 7.16. The number of morpholine rings is 2. The van der Waals surface area contributed by atoms with Crippen LogP contribution in [0.3, 0.4) is 0 Å². The third kappa shape index (κ3) is 7.69. The molecule has 0 spiro atoms. The fourth-order valence-corrected chi connectivity index (χ4v) is 3.89. The Kier molecular flexibility index (Phi) is 9.85. The van der Waals surface area contributed by atoms with Crippen LogP contribution in [0.5, 0.6) is 0 Å². The maximum Gasteiger partial charge on any atom is 0.346 e. The highest BCUT2D eigenvalue weighted by Crippen LogP contribution is 2.29. The van der Waals surface area contributed by atoms with Crippen molar-refractivity contribution in [3.05, 3.63) is 88.0 Å². The van der Waals surface area contributed by atoms with Gasteiger partial charge in [0.25, 0.3) is 5.91 Å². The van der Waals surface area contributed by atoms with Gasteiger partial charge in [0.15, 0.2) is 0 Å². The molecule has 0 aromatic heterocycles. The van der Waals surface area contributed by atoms with Crippen molar-refractivity contribution in [3.63, 3.8) is 0 Å². The van der Waals surface area contributed by atoms with Gasteiger partial charge < -0.3 is 14.4 Å². The summed E-state index contributed by atoms with van der Waals surface area (Å²) < 4.78 is 10.3. The first kappa shape index (κ1) is 29.0. The Hall–Kier alpha value is -4.61. The summed E-state index contributed by atoms with van der Waals surface area (Å²) in [6.45, 7) is 4.90. The monoisotopic (exact) mass is 548 g/mol. The number of nitro groups is 4. The Morgan fingerprint density at radius 3 is 1.64 bits per heavy atom. The van der Waals surface area contributed by atoms with Gasteiger partial charge in [-0.25, -0.2) is 0 Å². The number of hydrogen-bond donors (Lipinski definition) is 0. The maximum atomic E-state index is 12.1. The molecule has 0 unspecified atom stereocenters. The summed E-state index contributed by atoms with van der Waals surface area (Å²) in [4.78, 5) is 55.6. The van der Waals surface area contributed by atoms with E-state index < -0.39 is 48.3 Å². The Balaban J connectivity index is 0.000000216. The summed E-state index contributed by atoms with van der Waals surface area (Å²) in [6.07, 6.45) is 0. The van der Waals surface area contributed by atoms with Crippen molar-refractivity contribution in [1.29, 1.82) is 0 Å². The second kappa shape index (κ2) is 13.3. The molecule has 2 saturated heterocycles. The predicted molar refractivity (Wildman–Crippen MR) is 132 cm³/mol. The second-order valence-corrected chi connectivity index (χ2v) is 8.35. The maximum absolute atomic E-state index is 12.1. The van der Waals surface area contributed by atoms with E-state index in [1.165, 1.54) is 23.1 Å². The van der Waals surface area contributed by atoms with E-state index in [1.807, 2.05) is 0 Å². The molecule has 0 saturated carbocycles. The van der Waals surface area contributed by atoms with Crippen molar-refractivity contribution in [2.45, 2.75) is 6.54 Å². The van der Waals surface area contributed by atoms with E-state index in [0.717, 1.165) is 25.2 Å². The van der Waals surface area contributed by atoms with Crippen LogP contribution in [-0.4, -0.2) is 88.0 Å². The summed E-state index contributed by atoms with van der Waals surface area (Å²) in [5, 5.41) is 43.1. The number of hydrogen-bond acceptors (Lipinski definition) is 12. The molecule has 17 nitrogen and oxygen atoms in total. The van der Waals surface area contributed by atoms with Gasteiger partial charge in [-0.05, 0) is 11.6 Å². The van der Waals surface area contributed by atoms with Crippen LogP contribution in [0.2, 0.25) is 0 Å². The average Bonchev–Trinajstić information content (AvgIpc) is 2.93. The van der Waals surface area contributed by atoms with Gasteiger partial charge >= 0.3 is 22.7 Å². The molecule has 2 aliphatic heterocycles. The quantitative estimate of drug-likeness (QED) is 0.360. The van der Waals surface area contributed by atoms with Crippen LogP contribution in [0.4, 0.5) is 22.7 Å². The minimum Gasteiger partial charge on any atom is -0.379 e. The molecule has 0 N–H and O–H groups in total. The predicted octanol–water partition coefficient (Wildman–Crippen LogP) is 2.31. The molecule has 0 aliphatic carbocycles. The van der Waals surface area contributed by atoms with Crippen LogP contribution < -0.4 is 0 Å². The molecule has 2 fully saturated rings.